The van der Waals surface area contributed by atoms with Crippen molar-refractivity contribution in [3.8, 4) is 0 Å². The van der Waals surface area contributed by atoms with Gasteiger partial charge in [-0.05, 0) is 40.0 Å². The van der Waals surface area contributed by atoms with Crippen LogP contribution in [0.2, 0.25) is 0 Å². The summed E-state index contributed by atoms with van der Waals surface area (Å²) in [6, 6.07) is 0.0412. The second-order valence-electron chi connectivity index (χ2n) is 6.92. The Morgan fingerprint density at radius 2 is 2.10 bits per heavy atom. The van der Waals surface area contributed by atoms with Crippen molar-refractivity contribution in [1.29, 1.82) is 0 Å². The van der Waals surface area contributed by atoms with Crippen LogP contribution in [-0.2, 0) is 9.53 Å². The van der Waals surface area contributed by atoms with Crippen LogP contribution in [0.1, 0.15) is 46.5 Å². The Bertz CT molecular complexity index is 408. The van der Waals surface area contributed by atoms with Gasteiger partial charge in [-0.15, -0.1) is 11.6 Å². The third kappa shape index (κ3) is 4.50. The van der Waals surface area contributed by atoms with E-state index in [4.69, 9.17) is 16.3 Å². The number of carbonyl (C=O) groups excluding carboxylic acids is 2. The Morgan fingerprint density at radius 1 is 1.38 bits per heavy atom. The molecule has 2 unspecified atom stereocenters. The molecule has 2 rings (SSSR count). The Kier molecular flexibility index (Phi) is 5.02. The highest BCUT2D eigenvalue weighted by Crippen LogP contribution is 2.24. The predicted octanol–water partition coefficient (Wildman–Crippen LogP) is 2.62. The quantitative estimate of drug-likeness (QED) is 0.736. The molecular weight excluding hydrogens is 292 g/mol. The van der Waals surface area contributed by atoms with Gasteiger partial charge in [-0.3, -0.25) is 4.79 Å². The average molecular weight is 317 g/mol. The summed E-state index contributed by atoms with van der Waals surface area (Å²) in [5.74, 6) is 0.0877. The van der Waals surface area contributed by atoms with Crippen LogP contribution in [0.4, 0.5) is 4.79 Å². The monoisotopic (exact) mass is 316 g/mol. The predicted molar refractivity (Wildman–Crippen MR) is 81.4 cm³/mol. The largest absolute Gasteiger partial charge is 0.444 e. The molecule has 0 spiro atoms. The molecule has 0 aromatic carbocycles. The van der Waals surface area contributed by atoms with Crippen LogP contribution in [0, 0.1) is 0 Å². The van der Waals surface area contributed by atoms with Gasteiger partial charge in [0.05, 0.1) is 11.4 Å². The second-order valence-corrected chi connectivity index (χ2v) is 7.54. The minimum atomic E-state index is -0.496. The lowest BCUT2D eigenvalue weighted by Gasteiger charge is -2.38. The number of alkyl halides is 1. The third-order valence-electron chi connectivity index (χ3n) is 3.85. The number of piperidine rings is 1. The highest BCUT2D eigenvalue weighted by atomic mass is 35.5. The molecule has 0 bridgehead atoms. The summed E-state index contributed by atoms with van der Waals surface area (Å²) in [6.45, 7) is 7.45. The summed E-state index contributed by atoms with van der Waals surface area (Å²) < 4.78 is 5.48. The van der Waals surface area contributed by atoms with E-state index in [1.54, 1.807) is 9.80 Å². The van der Waals surface area contributed by atoms with Crippen molar-refractivity contribution in [2.24, 2.45) is 0 Å². The number of hydrogen-bond donors (Lipinski definition) is 0. The van der Waals surface area contributed by atoms with E-state index >= 15 is 0 Å². The molecule has 2 atom stereocenters. The van der Waals surface area contributed by atoms with Crippen LogP contribution >= 0.6 is 11.6 Å². The first-order valence-corrected chi connectivity index (χ1v) is 8.11. The number of rotatable bonds is 2. The Morgan fingerprint density at radius 3 is 2.67 bits per heavy atom. The van der Waals surface area contributed by atoms with Crippen LogP contribution in [0.15, 0.2) is 0 Å². The van der Waals surface area contributed by atoms with E-state index in [9.17, 15) is 9.59 Å². The Labute approximate surface area is 131 Å². The minimum absolute atomic E-state index is 0.0412. The molecule has 0 aliphatic carbocycles. The molecule has 0 aromatic heterocycles. The van der Waals surface area contributed by atoms with E-state index in [1.807, 2.05) is 20.8 Å². The molecular formula is C15H25ClN2O3. The van der Waals surface area contributed by atoms with E-state index in [0.29, 0.717) is 26.1 Å². The maximum Gasteiger partial charge on any atom is 0.410 e. The van der Waals surface area contributed by atoms with Gasteiger partial charge in [0.1, 0.15) is 5.60 Å². The summed E-state index contributed by atoms with van der Waals surface area (Å²) in [7, 11) is 0. The molecule has 0 radical (unpaired) electrons. The highest BCUT2D eigenvalue weighted by Gasteiger charge is 2.35. The fraction of sp³-hybridized carbons (Fsp3) is 0.867. The summed E-state index contributed by atoms with van der Waals surface area (Å²) in [5, 5.41) is -0.101. The second kappa shape index (κ2) is 6.42. The van der Waals surface area contributed by atoms with Gasteiger partial charge in [0, 0.05) is 26.1 Å². The molecule has 6 heteroatoms. The van der Waals surface area contributed by atoms with Crippen LogP contribution in [-0.4, -0.2) is 58.5 Å². The van der Waals surface area contributed by atoms with Gasteiger partial charge in [0.2, 0.25) is 5.91 Å². The molecule has 2 aliphatic rings. The van der Waals surface area contributed by atoms with Gasteiger partial charge in [0.25, 0.3) is 0 Å². The first kappa shape index (κ1) is 16.4. The summed E-state index contributed by atoms with van der Waals surface area (Å²) >= 11 is 6.04. The molecule has 2 fully saturated rings. The summed E-state index contributed by atoms with van der Waals surface area (Å²) in [6.07, 6.45) is 3.11. The van der Waals surface area contributed by atoms with Crippen LogP contribution in [0.5, 0.6) is 0 Å². The molecule has 21 heavy (non-hydrogen) atoms. The van der Waals surface area contributed by atoms with Crippen LogP contribution in [0.3, 0.4) is 0 Å². The topological polar surface area (TPSA) is 49.9 Å². The first-order valence-electron chi connectivity index (χ1n) is 7.68. The lowest BCUT2D eigenvalue weighted by Crippen LogP contribution is -2.51. The SMILES string of the molecule is CC(C)(C)OC(=O)N1CCCCC1CN1CC(Cl)CC1=O. The zero-order valence-electron chi connectivity index (χ0n) is 13.1. The van der Waals surface area contributed by atoms with Gasteiger partial charge < -0.3 is 14.5 Å². The zero-order valence-corrected chi connectivity index (χ0v) is 13.9. The fourth-order valence-corrected chi connectivity index (χ4v) is 3.20. The average Bonchev–Trinajstić information content (AvgIpc) is 2.66. The normalized spacial score (nSPS) is 27.1. The standard InChI is InChI=1S/C15H25ClN2O3/c1-15(2,3)21-14(20)18-7-5-4-6-12(18)10-17-9-11(16)8-13(17)19/h11-12H,4-10H2,1-3H3. The molecule has 5 nitrogen and oxygen atoms in total. The molecule has 0 N–H and O–H groups in total. The molecule has 0 saturated carbocycles. The number of halogens is 1. The smallest absolute Gasteiger partial charge is 0.410 e. The van der Waals surface area contributed by atoms with Gasteiger partial charge >= 0.3 is 6.09 Å². The zero-order chi connectivity index (χ0) is 15.6. The highest BCUT2D eigenvalue weighted by molar-refractivity contribution is 6.22. The maximum atomic E-state index is 12.3. The lowest BCUT2D eigenvalue weighted by atomic mass is 10.0. The van der Waals surface area contributed by atoms with E-state index in [-0.39, 0.29) is 23.4 Å². The van der Waals surface area contributed by atoms with Crippen molar-refractivity contribution < 1.29 is 14.3 Å². The number of hydrogen-bond acceptors (Lipinski definition) is 3. The first-order chi connectivity index (χ1) is 9.76. The van der Waals surface area contributed by atoms with Gasteiger partial charge in [-0.1, -0.05) is 0 Å². The van der Waals surface area contributed by atoms with Crippen LogP contribution < -0.4 is 0 Å². The van der Waals surface area contributed by atoms with Gasteiger partial charge in [-0.2, -0.15) is 0 Å². The van der Waals surface area contributed by atoms with Gasteiger partial charge in [0.15, 0.2) is 0 Å². The molecule has 2 saturated heterocycles. The number of nitrogens with zero attached hydrogens (tertiary/aromatic N) is 2. The summed E-state index contributed by atoms with van der Waals surface area (Å²) in [4.78, 5) is 27.8. The van der Waals surface area contributed by atoms with E-state index < -0.39 is 5.60 Å². The number of ether oxygens (including phenoxy) is 1. The molecule has 0 aromatic rings. The van der Waals surface area contributed by atoms with Crippen molar-refractivity contribution in [3.63, 3.8) is 0 Å². The number of amides is 2. The fourth-order valence-electron chi connectivity index (χ4n) is 2.91. The van der Waals surface area contributed by atoms with Crippen molar-refractivity contribution in [2.75, 3.05) is 19.6 Å². The van der Waals surface area contributed by atoms with Crippen molar-refractivity contribution in [2.45, 2.75) is 63.5 Å². The van der Waals surface area contributed by atoms with Crippen molar-refractivity contribution >= 4 is 23.6 Å². The third-order valence-corrected chi connectivity index (χ3v) is 4.15. The van der Waals surface area contributed by atoms with E-state index in [0.717, 1.165) is 19.3 Å². The molecule has 120 valence electrons. The van der Waals surface area contributed by atoms with Crippen molar-refractivity contribution in [3.05, 3.63) is 0 Å². The van der Waals surface area contributed by atoms with Gasteiger partial charge in [-0.25, -0.2) is 4.79 Å². The Balaban J connectivity index is 1.98. The van der Waals surface area contributed by atoms with Crippen molar-refractivity contribution in [1.82, 2.24) is 9.80 Å². The summed E-state index contributed by atoms with van der Waals surface area (Å²) in [5.41, 5.74) is -0.496. The maximum absolute atomic E-state index is 12.3. The minimum Gasteiger partial charge on any atom is -0.444 e. The Hall–Kier alpha value is -0.970. The lowest BCUT2D eigenvalue weighted by molar-refractivity contribution is -0.128. The molecule has 2 amide bonds. The van der Waals surface area contributed by atoms with Crippen LogP contribution in [0.25, 0.3) is 0 Å². The van der Waals surface area contributed by atoms with E-state index in [1.165, 1.54) is 0 Å². The molecule has 2 heterocycles. The van der Waals surface area contributed by atoms with E-state index in [2.05, 4.69) is 0 Å². The number of carbonyl (C=O) groups is 2. The number of likely N-dealkylation sites (tertiary alicyclic amines) is 2. The molecule has 2 aliphatic heterocycles.